The molecule has 0 unspecified atom stereocenters. The van der Waals surface area contributed by atoms with Gasteiger partial charge in [0.05, 0.1) is 6.61 Å². The zero-order valence-electron chi connectivity index (χ0n) is 13.3. The van der Waals surface area contributed by atoms with Crippen LogP contribution in [0, 0.1) is 0 Å². The number of halogens is 1. The van der Waals surface area contributed by atoms with Crippen molar-refractivity contribution in [3.8, 4) is 5.75 Å². The summed E-state index contributed by atoms with van der Waals surface area (Å²) in [6.07, 6.45) is 1.94. The maximum absolute atomic E-state index is 12.0. The molecule has 1 atom stereocenters. The number of hydrogen-bond acceptors (Lipinski definition) is 5. The smallest absolute Gasteiger partial charge is 0.526 e. The Morgan fingerprint density at radius 3 is 2.83 bits per heavy atom. The van der Waals surface area contributed by atoms with Crippen LogP contribution in [0.4, 0.5) is 0 Å². The molecule has 2 rings (SSSR count). The second-order valence-corrected chi connectivity index (χ2v) is 6.06. The first-order chi connectivity index (χ1) is 11.0. The third kappa shape index (κ3) is 4.27. The fraction of sp³-hybridized carbons (Fsp3) is 0.500. The highest BCUT2D eigenvalue weighted by Gasteiger charge is 2.38. The normalized spacial score (nSPS) is 16.5. The van der Waals surface area contributed by atoms with Crippen molar-refractivity contribution >= 4 is 30.5 Å². The second kappa shape index (κ2) is 7.84. The fourth-order valence-electron chi connectivity index (χ4n) is 2.75. The topological polar surface area (TPSA) is 72.8 Å². The fourth-order valence-corrected chi connectivity index (χ4v) is 2.99. The van der Waals surface area contributed by atoms with Gasteiger partial charge in [0.1, 0.15) is 17.1 Å². The molecule has 0 saturated carbocycles. The second-order valence-electron chi connectivity index (χ2n) is 5.63. The minimum atomic E-state index is -1.13. The first-order valence-corrected chi connectivity index (χ1v) is 8.20. The molecule has 0 aliphatic carbocycles. The Bertz CT molecular complexity index is 604. The zero-order chi connectivity index (χ0) is 17.0. The average Bonchev–Trinajstić information content (AvgIpc) is 2.48. The van der Waals surface area contributed by atoms with E-state index in [0.29, 0.717) is 29.2 Å². The van der Waals surface area contributed by atoms with Crippen LogP contribution in [0.3, 0.4) is 0 Å². The summed E-state index contributed by atoms with van der Waals surface area (Å²) in [5.74, 6) is -0.496. The van der Waals surface area contributed by atoms with E-state index in [4.69, 9.17) is 21.0 Å². The quantitative estimate of drug-likeness (QED) is 0.637. The molecule has 1 aliphatic heterocycles. The molecule has 0 saturated heterocycles. The largest absolute Gasteiger partial charge is 0.535 e. The van der Waals surface area contributed by atoms with Crippen molar-refractivity contribution in [1.82, 2.24) is 0 Å². The van der Waals surface area contributed by atoms with Gasteiger partial charge in [0.15, 0.2) is 0 Å². The first kappa shape index (κ1) is 17.8. The predicted octanol–water partition coefficient (Wildman–Crippen LogP) is 3.06. The van der Waals surface area contributed by atoms with Gasteiger partial charge in [-0.3, -0.25) is 4.79 Å². The maximum atomic E-state index is 12.0. The Labute approximate surface area is 141 Å². The van der Waals surface area contributed by atoms with Crippen molar-refractivity contribution in [1.29, 1.82) is 0 Å². The minimum Gasteiger partial charge on any atom is -0.535 e. The number of ketones is 1. The van der Waals surface area contributed by atoms with Crippen molar-refractivity contribution in [2.75, 3.05) is 6.61 Å². The predicted molar refractivity (Wildman–Crippen MR) is 88.0 cm³/mol. The average molecular weight is 339 g/mol. The number of hydrogen-bond donors (Lipinski definition) is 1. The number of carbonyl (C=O) groups is 2. The zero-order valence-corrected chi connectivity index (χ0v) is 14.1. The highest BCUT2D eigenvalue weighted by Crippen LogP contribution is 2.38. The van der Waals surface area contributed by atoms with Gasteiger partial charge in [-0.25, -0.2) is 4.79 Å². The highest BCUT2D eigenvalue weighted by atomic mass is 35.5. The molecule has 0 amide bonds. The monoisotopic (exact) mass is 338 g/mol. The van der Waals surface area contributed by atoms with Crippen LogP contribution in [0.5, 0.6) is 5.75 Å². The van der Waals surface area contributed by atoms with E-state index in [2.05, 4.69) is 0 Å². The molecule has 124 valence electrons. The van der Waals surface area contributed by atoms with Gasteiger partial charge >= 0.3 is 13.1 Å². The van der Waals surface area contributed by atoms with Crippen molar-refractivity contribution in [2.45, 2.75) is 45.3 Å². The lowest BCUT2D eigenvalue weighted by Gasteiger charge is -2.28. The van der Waals surface area contributed by atoms with Crippen LogP contribution in [-0.2, 0) is 16.0 Å². The van der Waals surface area contributed by atoms with Gasteiger partial charge in [-0.2, -0.15) is 0 Å². The van der Waals surface area contributed by atoms with Gasteiger partial charge in [0, 0.05) is 23.7 Å². The molecule has 0 spiro atoms. The van der Waals surface area contributed by atoms with Gasteiger partial charge in [-0.1, -0.05) is 18.5 Å². The Balaban J connectivity index is 2.26. The number of fused-ring (bicyclic) bond motifs is 1. The van der Waals surface area contributed by atoms with Gasteiger partial charge in [0.25, 0.3) is 0 Å². The Morgan fingerprint density at radius 1 is 1.43 bits per heavy atom. The Kier molecular flexibility index (Phi) is 6.07. The van der Waals surface area contributed by atoms with E-state index in [9.17, 15) is 14.6 Å². The molecular formula is C16H20BClO5. The van der Waals surface area contributed by atoms with E-state index in [0.717, 1.165) is 6.42 Å². The van der Waals surface area contributed by atoms with Gasteiger partial charge in [-0.05, 0) is 37.5 Å². The van der Waals surface area contributed by atoms with Crippen LogP contribution in [0.25, 0.3) is 0 Å². The van der Waals surface area contributed by atoms with Crippen molar-refractivity contribution in [3.05, 3.63) is 28.3 Å². The summed E-state index contributed by atoms with van der Waals surface area (Å²) in [6.45, 7) is 3.88. The molecule has 1 N–H and O–H groups in total. The van der Waals surface area contributed by atoms with E-state index in [-0.39, 0.29) is 30.2 Å². The number of Topliss-reactive ketones (excluding diaryl/α,β-unsaturated/α-hetero) is 1. The van der Waals surface area contributed by atoms with Crippen LogP contribution in [-0.4, -0.2) is 30.5 Å². The van der Waals surface area contributed by atoms with Crippen LogP contribution >= 0.6 is 11.6 Å². The molecule has 5 nitrogen and oxygen atoms in total. The molecule has 1 aromatic rings. The lowest BCUT2D eigenvalue weighted by Crippen LogP contribution is -2.36. The van der Waals surface area contributed by atoms with Crippen molar-refractivity contribution < 1.29 is 24.0 Å². The molecule has 0 radical (unpaired) electrons. The molecule has 0 aromatic heterocycles. The molecule has 0 fully saturated rings. The number of benzene rings is 1. The van der Waals surface area contributed by atoms with Crippen LogP contribution in [0.15, 0.2) is 12.1 Å². The van der Waals surface area contributed by atoms with Crippen LogP contribution < -0.4 is 4.65 Å². The number of ether oxygens (including phenoxy) is 1. The lowest BCUT2D eigenvalue weighted by atomic mass is 9.64. The number of rotatable bonds is 6. The third-order valence-corrected chi connectivity index (χ3v) is 3.99. The summed E-state index contributed by atoms with van der Waals surface area (Å²) < 4.78 is 10.5. The van der Waals surface area contributed by atoms with E-state index in [1.54, 1.807) is 13.0 Å². The summed E-state index contributed by atoms with van der Waals surface area (Å²) >= 11 is 6.07. The van der Waals surface area contributed by atoms with E-state index in [1.807, 2.05) is 6.92 Å². The van der Waals surface area contributed by atoms with Crippen molar-refractivity contribution in [2.24, 2.45) is 0 Å². The number of esters is 1. The highest BCUT2D eigenvalue weighted by molar-refractivity contribution is 6.47. The minimum absolute atomic E-state index is 0.0937. The summed E-state index contributed by atoms with van der Waals surface area (Å²) in [6, 6.07) is 3.16. The summed E-state index contributed by atoms with van der Waals surface area (Å²) in [5, 5.41) is 10.6. The lowest BCUT2D eigenvalue weighted by molar-refractivity contribution is -0.119. The summed E-state index contributed by atoms with van der Waals surface area (Å²) in [4.78, 5) is 23.9. The maximum Gasteiger partial charge on any atom is 0.526 e. The van der Waals surface area contributed by atoms with E-state index in [1.165, 1.54) is 6.07 Å². The molecular weight excluding hydrogens is 318 g/mol. The number of carbonyl (C=O) groups excluding carboxylic acids is 2. The standard InChI is InChI=1S/C16H20BClO5/c1-3-5-13(19)8-11-6-10-7-12(18)9-14(16(20)22-4-2)15(10)23-17(11)21/h7,9,11,21H,3-6,8H2,1-2H3/t11-/m1/s1. The van der Waals surface area contributed by atoms with Gasteiger partial charge < -0.3 is 14.4 Å². The molecule has 0 bridgehead atoms. The molecule has 1 aromatic carbocycles. The van der Waals surface area contributed by atoms with E-state index < -0.39 is 13.1 Å². The van der Waals surface area contributed by atoms with Gasteiger partial charge in [-0.15, -0.1) is 0 Å². The van der Waals surface area contributed by atoms with Crippen molar-refractivity contribution in [3.63, 3.8) is 0 Å². The summed E-state index contributed by atoms with van der Waals surface area (Å²) in [7, 11) is -1.13. The Morgan fingerprint density at radius 2 is 2.17 bits per heavy atom. The molecule has 7 heteroatoms. The summed E-state index contributed by atoms with van der Waals surface area (Å²) in [5.41, 5.74) is 0.909. The molecule has 1 heterocycles. The SMILES string of the molecule is CCCC(=O)C[C@H]1Cc2cc(Cl)cc(C(=O)OCC)c2OB1O. The van der Waals surface area contributed by atoms with Crippen LogP contribution in [0.1, 0.15) is 49.0 Å². The first-order valence-electron chi connectivity index (χ1n) is 7.82. The Hall–Kier alpha value is -1.53. The van der Waals surface area contributed by atoms with Gasteiger partial charge in [0.2, 0.25) is 0 Å². The van der Waals surface area contributed by atoms with E-state index >= 15 is 0 Å². The third-order valence-electron chi connectivity index (χ3n) is 3.77. The van der Waals surface area contributed by atoms with Crippen LogP contribution in [0.2, 0.25) is 10.8 Å². The molecule has 23 heavy (non-hydrogen) atoms. The molecule has 1 aliphatic rings.